The van der Waals surface area contributed by atoms with Crippen LogP contribution in [-0.2, 0) is 20.8 Å². The molecule has 0 unspecified atom stereocenters. The van der Waals surface area contributed by atoms with Crippen LogP contribution in [0.5, 0.6) is 0 Å². The van der Waals surface area contributed by atoms with Crippen molar-refractivity contribution in [3.05, 3.63) is 75.5 Å². The van der Waals surface area contributed by atoms with E-state index in [1.165, 1.54) is 29.3 Å². The molecule has 0 bridgehead atoms. The highest BCUT2D eigenvalue weighted by molar-refractivity contribution is 8.02. The van der Waals surface area contributed by atoms with Gasteiger partial charge < -0.3 is 14.0 Å². The highest BCUT2D eigenvalue weighted by atomic mass is 32.2. The Bertz CT molecular complexity index is 1400. The van der Waals surface area contributed by atoms with Crippen LogP contribution in [0.15, 0.2) is 58.3 Å². The van der Waals surface area contributed by atoms with E-state index in [0.29, 0.717) is 11.3 Å². The van der Waals surface area contributed by atoms with Crippen LogP contribution >= 0.6 is 11.8 Å². The van der Waals surface area contributed by atoms with Crippen LogP contribution in [-0.4, -0.2) is 51.9 Å². The molecule has 0 aliphatic rings. The van der Waals surface area contributed by atoms with Gasteiger partial charge in [0.05, 0.1) is 24.4 Å². The third kappa shape index (κ3) is 5.35. The van der Waals surface area contributed by atoms with Gasteiger partial charge in [0.25, 0.3) is 11.5 Å². The minimum atomic E-state index is -0.685. The molecule has 0 saturated carbocycles. The van der Waals surface area contributed by atoms with Crippen molar-refractivity contribution in [2.24, 2.45) is 4.99 Å². The molecule has 0 aliphatic heterocycles. The summed E-state index contributed by atoms with van der Waals surface area (Å²) in [6, 6.07) is 5.00. The molecule has 9 nitrogen and oxygen atoms in total. The van der Waals surface area contributed by atoms with Crippen molar-refractivity contribution in [1.82, 2.24) is 14.0 Å². The third-order valence-corrected chi connectivity index (χ3v) is 5.63. The van der Waals surface area contributed by atoms with Gasteiger partial charge in [0, 0.05) is 19.9 Å². The second-order valence-corrected chi connectivity index (χ2v) is 8.06. The highest BCUT2D eigenvalue weighted by Crippen LogP contribution is 2.14. The maximum Gasteiger partial charge on any atom is 0.341 e. The van der Waals surface area contributed by atoms with Crippen molar-refractivity contribution in [1.29, 1.82) is 0 Å². The SMILES string of the molecule is C=C/C=C/SCC(=O)N=c1c(C(=O)OCC)cc2c(=O)n3cccc(C)c3nc2n1CCOC. The summed E-state index contributed by atoms with van der Waals surface area (Å²) in [5.74, 6) is -1.08. The Morgan fingerprint density at radius 2 is 2.12 bits per heavy atom. The molecule has 0 saturated heterocycles. The number of aryl methyl sites for hydroxylation is 1. The smallest absolute Gasteiger partial charge is 0.341 e. The van der Waals surface area contributed by atoms with Gasteiger partial charge in [-0.1, -0.05) is 24.8 Å². The fourth-order valence-corrected chi connectivity index (χ4v) is 3.87. The van der Waals surface area contributed by atoms with Gasteiger partial charge in [-0.2, -0.15) is 4.99 Å². The van der Waals surface area contributed by atoms with Crippen molar-refractivity contribution in [2.45, 2.75) is 20.4 Å². The number of allylic oxidation sites excluding steroid dienone is 2. The number of nitrogens with zero attached hydrogens (tertiary/aromatic N) is 4. The predicted molar refractivity (Wildman–Crippen MR) is 132 cm³/mol. The van der Waals surface area contributed by atoms with E-state index in [1.54, 1.807) is 41.3 Å². The lowest BCUT2D eigenvalue weighted by atomic mass is 10.2. The van der Waals surface area contributed by atoms with E-state index < -0.39 is 11.9 Å². The van der Waals surface area contributed by atoms with E-state index >= 15 is 0 Å². The molecule has 0 aromatic carbocycles. The molecule has 3 heterocycles. The molecular formula is C24H26N4O5S. The average molecular weight is 483 g/mol. The maximum absolute atomic E-state index is 13.3. The topological polar surface area (TPSA) is 104 Å². The summed E-state index contributed by atoms with van der Waals surface area (Å²) in [6.45, 7) is 7.69. The minimum Gasteiger partial charge on any atom is -0.462 e. The molecule has 0 radical (unpaired) electrons. The number of amides is 1. The van der Waals surface area contributed by atoms with E-state index in [0.717, 1.165) is 5.56 Å². The number of esters is 1. The Hall–Kier alpha value is -3.50. The van der Waals surface area contributed by atoms with E-state index in [1.807, 2.05) is 13.0 Å². The van der Waals surface area contributed by atoms with Crippen molar-refractivity contribution >= 4 is 40.3 Å². The van der Waals surface area contributed by atoms with Crippen molar-refractivity contribution in [3.63, 3.8) is 0 Å². The lowest BCUT2D eigenvalue weighted by Gasteiger charge is -2.15. The van der Waals surface area contributed by atoms with Gasteiger partial charge in [-0.3, -0.25) is 14.0 Å². The van der Waals surface area contributed by atoms with E-state index in [-0.39, 0.29) is 47.5 Å². The van der Waals surface area contributed by atoms with Crippen LogP contribution in [0.1, 0.15) is 22.8 Å². The van der Waals surface area contributed by atoms with Gasteiger partial charge in [-0.15, -0.1) is 11.8 Å². The number of pyridine rings is 2. The molecule has 0 fully saturated rings. The van der Waals surface area contributed by atoms with E-state index in [4.69, 9.17) is 14.5 Å². The fourth-order valence-electron chi connectivity index (χ4n) is 3.34. The number of hydrogen-bond acceptors (Lipinski definition) is 7. The van der Waals surface area contributed by atoms with Crippen molar-refractivity contribution in [2.75, 3.05) is 26.1 Å². The van der Waals surface area contributed by atoms with Crippen molar-refractivity contribution < 1.29 is 19.1 Å². The number of fused-ring (bicyclic) bond motifs is 2. The largest absolute Gasteiger partial charge is 0.462 e. The number of aromatic nitrogens is 3. The number of carbonyl (C=O) groups is 2. The predicted octanol–water partition coefficient (Wildman–Crippen LogP) is 2.64. The minimum absolute atomic E-state index is 0.0111. The van der Waals surface area contributed by atoms with Gasteiger partial charge in [0.2, 0.25) is 0 Å². The molecule has 0 aliphatic carbocycles. The van der Waals surface area contributed by atoms with Gasteiger partial charge in [0.1, 0.15) is 16.9 Å². The monoisotopic (exact) mass is 482 g/mol. The maximum atomic E-state index is 13.3. The standard InChI is InChI=1S/C24H26N4O5S/c1-5-7-13-34-15-19(29)25-22-18(24(31)33-6-2)14-17-21(27(22)11-12-32-4)26-20-16(3)9-8-10-28(20)23(17)30/h5,7-10,13-14H,1,6,11-12,15H2,2-4H3/b13-7+,25-22?. The van der Waals surface area contributed by atoms with Crippen LogP contribution in [0.25, 0.3) is 16.7 Å². The number of thioether (sulfide) groups is 1. The molecule has 0 N–H and O–H groups in total. The summed E-state index contributed by atoms with van der Waals surface area (Å²) >= 11 is 1.25. The Kier molecular flexibility index (Phi) is 8.55. The van der Waals surface area contributed by atoms with Crippen LogP contribution in [0.2, 0.25) is 0 Å². The summed E-state index contributed by atoms with van der Waals surface area (Å²) in [5.41, 5.74) is 1.31. The average Bonchev–Trinajstić information content (AvgIpc) is 2.82. The Morgan fingerprint density at radius 3 is 2.82 bits per heavy atom. The van der Waals surface area contributed by atoms with Gasteiger partial charge >= 0.3 is 5.97 Å². The Morgan fingerprint density at radius 1 is 1.32 bits per heavy atom. The zero-order valence-corrected chi connectivity index (χ0v) is 20.1. The number of rotatable bonds is 9. The lowest BCUT2D eigenvalue weighted by molar-refractivity contribution is -0.115. The summed E-state index contributed by atoms with van der Waals surface area (Å²) in [6.07, 6.45) is 4.93. The number of hydrogen-bond donors (Lipinski definition) is 0. The summed E-state index contributed by atoms with van der Waals surface area (Å²) in [4.78, 5) is 47.8. The summed E-state index contributed by atoms with van der Waals surface area (Å²) < 4.78 is 13.4. The lowest BCUT2D eigenvalue weighted by Crippen LogP contribution is -2.34. The third-order valence-electron chi connectivity index (χ3n) is 4.87. The molecule has 0 atom stereocenters. The first-order valence-corrected chi connectivity index (χ1v) is 11.7. The van der Waals surface area contributed by atoms with Crippen LogP contribution in [0, 0.1) is 6.92 Å². The fraction of sp³-hybridized carbons (Fsp3) is 0.292. The molecule has 10 heteroatoms. The zero-order valence-electron chi connectivity index (χ0n) is 19.3. The van der Waals surface area contributed by atoms with E-state index in [2.05, 4.69) is 11.6 Å². The first-order valence-electron chi connectivity index (χ1n) is 10.6. The molecule has 34 heavy (non-hydrogen) atoms. The van der Waals surface area contributed by atoms with Crippen LogP contribution < -0.4 is 11.0 Å². The van der Waals surface area contributed by atoms with Crippen LogP contribution in [0.4, 0.5) is 0 Å². The molecule has 3 rings (SSSR count). The number of carbonyl (C=O) groups excluding carboxylic acids is 2. The Labute approximate surface area is 200 Å². The second kappa shape index (κ2) is 11.6. The van der Waals surface area contributed by atoms with Crippen molar-refractivity contribution in [3.8, 4) is 0 Å². The van der Waals surface area contributed by atoms with Gasteiger partial charge in [0.15, 0.2) is 5.49 Å². The summed E-state index contributed by atoms with van der Waals surface area (Å²) in [5, 5.41) is 1.93. The molecule has 0 spiro atoms. The first kappa shape index (κ1) is 25.1. The summed E-state index contributed by atoms with van der Waals surface area (Å²) in [7, 11) is 1.53. The Balaban J connectivity index is 2.38. The first-order chi connectivity index (χ1) is 16.4. The number of ether oxygens (including phenoxy) is 2. The molecule has 178 valence electrons. The highest BCUT2D eigenvalue weighted by Gasteiger charge is 2.20. The molecular weight excluding hydrogens is 456 g/mol. The van der Waals surface area contributed by atoms with Crippen LogP contribution in [0.3, 0.4) is 0 Å². The molecule has 1 amide bonds. The quantitative estimate of drug-likeness (QED) is 0.262. The number of methoxy groups -OCH3 is 1. The van der Waals surface area contributed by atoms with E-state index in [9.17, 15) is 14.4 Å². The second-order valence-electron chi connectivity index (χ2n) is 7.17. The normalized spacial score (nSPS) is 12.0. The molecule has 3 aromatic heterocycles. The van der Waals surface area contributed by atoms with Gasteiger partial charge in [-0.05, 0) is 37.0 Å². The molecule has 3 aromatic rings. The zero-order chi connectivity index (χ0) is 24.7. The van der Waals surface area contributed by atoms with Gasteiger partial charge in [-0.25, -0.2) is 9.78 Å².